The Hall–Kier alpha value is -2.09. The van der Waals surface area contributed by atoms with Crippen molar-refractivity contribution in [3.8, 4) is 11.3 Å². The normalized spacial score (nSPS) is 11.1. The molecule has 2 heteroatoms. The van der Waals surface area contributed by atoms with Gasteiger partial charge in [0.15, 0.2) is 5.43 Å². The number of aromatic nitrogens is 1. The molecule has 2 nitrogen and oxygen atoms in total. The molecule has 0 fully saturated rings. The average Bonchev–Trinajstić information content (AvgIpc) is 2.32. The van der Waals surface area contributed by atoms with Crippen molar-refractivity contribution in [1.82, 2.24) is 4.98 Å². The lowest BCUT2D eigenvalue weighted by Crippen LogP contribution is -2.09. The molecule has 78 valence electrons. The number of fused-ring (bicyclic) bond motifs is 2. The molecule has 3 rings (SSSR count). The first-order valence-corrected chi connectivity index (χ1v) is 5.27. The maximum atomic E-state index is 12.0. The first-order chi connectivity index (χ1) is 7.75. The fraction of sp³-hybridized carbons (Fsp3) is 0.0714. The second-order valence-electron chi connectivity index (χ2n) is 4.03. The smallest absolute Gasteiger partial charge is 0.190 e. The number of hydrogen-bond acceptors (Lipinski definition) is 1. The molecular weight excluding hydrogens is 198 g/mol. The third-order valence-corrected chi connectivity index (χ3v) is 2.92. The number of rotatable bonds is 0. The number of pyridine rings is 1. The van der Waals surface area contributed by atoms with Gasteiger partial charge in [-0.05, 0) is 36.1 Å². The minimum absolute atomic E-state index is 0.111. The second-order valence-corrected chi connectivity index (χ2v) is 4.03. The predicted octanol–water partition coefficient (Wildman–Crippen LogP) is 2.94. The lowest BCUT2D eigenvalue weighted by atomic mass is 10.0. The fourth-order valence-electron chi connectivity index (χ4n) is 2.00. The fourth-order valence-corrected chi connectivity index (χ4v) is 2.00. The van der Waals surface area contributed by atoms with Crippen molar-refractivity contribution >= 4 is 10.9 Å². The van der Waals surface area contributed by atoms with Crippen molar-refractivity contribution in [1.29, 1.82) is 0 Å². The molecule has 16 heavy (non-hydrogen) atoms. The van der Waals surface area contributed by atoms with E-state index in [9.17, 15) is 4.79 Å². The Morgan fingerprint density at radius 3 is 2.75 bits per heavy atom. The molecule has 0 saturated heterocycles. The summed E-state index contributed by atoms with van der Waals surface area (Å²) in [4.78, 5) is 15.2. The summed E-state index contributed by atoms with van der Waals surface area (Å²) in [6.45, 7) is 1.84. The first-order valence-electron chi connectivity index (χ1n) is 5.27. The van der Waals surface area contributed by atoms with Gasteiger partial charge in [0.25, 0.3) is 0 Å². The van der Waals surface area contributed by atoms with E-state index >= 15 is 0 Å². The molecule has 0 amide bonds. The van der Waals surface area contributed by atoms with E-state index in [0.29, 0.717) is 0 Å². The summed E-state index contributed by atoms with van der Waals surface area (Å²) in [5.41, 5.74) is 3.61. The molecule has 1 aliphatic carbocycles. The van der Waals surface area contributed by atoms with Crippen LogP contribution in [0.1, 0.15) is 5.56 Å². The molecule has 0 atom stereocenters. The molecule has 1 aliphatic heterocycles. The molecule has 1 heterocycles. The molecule has 0 unspecified atom stereocenters. The Labute approximate surface area is 92.9 Å². The van der Waals surface area contributed by atoms with Crippen LogP contribution in [0.15, 0.2) is 47.3 Å². The van der Waals surface area contributed by atoms with Crippen LogP contribution in [-0.4, -0.2) is 4.98 Å². The summed E-state index contributed by atoms with van der Waals surface area (Å²) < 4.78 is 0. The molecule has 2 aliphatic rings. The van der Waals surface area contributed by atoms with Crippen LogP contribution in [0.4, 0.5) is 0 Å². The van der Waals surface area contributed by atoms with Crippen LogP contribution < -0.4 is 5.43 Å². The Morgan fingerprint density at radius 1 is 1.06 bits per heavy atom. The maximum Gasteiger partial charge on any atom is 0.190 e. The van der Waals surface area contributed by atoms with E-state index in [2.05, 4.69) is 4.98 Å². The highest BCUT2D eigenvalue weighted by atomic mass is 16.1. The number of hydrogen-bond donors (Lipinski definition) is 1. The van der Waals surface area contributed by atoms with Crippen LogP contribution in [0.3, 0.4) is 0 Å². The molecular formula is C14H11NO. The largest absolute Gasteiger partial charge is 0.354 e. The highest BCUT2D eigenvalue weighted by Gasteiger charge is 2.08. The van der Waals surface area contributed by atoms with E-state index < -0.39 is 0 Å². The van der Waals surface area contributed by atoms with E-state index in [4.69, 9.17) is 0 Å². The highest BCUT2D eigenvalue weighted by Crippen LogP contribution is 2.21. The standard InChI is InChI=1S/C14H11NO/c1-9-6-7-13-11(14(9)16)8-10-4-2-3-5-12(10)15-13/h2-8,15H,1H3. The van der Waals surface area contributed by atoms with Crippen molar-refractivity contribution in [3.05, 3.63) is 58.3 Å². The third-order valence-electron chi connectivity index (χ3n) is 2.92. The van der Waals surface area contributed by atoms with Gasteiger partial charge in [0.2, 0.25) is 0 Å². The van der Waals surface area contributed by atoms with Crippen molar-refractivity contribution in [2.45, 2.75) is 6.92 Å². The van der Waals surface area contributed by atoms with Crippen LogP contribution in [-0.2, 0) is 0 Å². The van der Waals surface area contributed by atoms with E-state index in [1.54, 1.807) is 0 Å². The van der Waals surface area contributed by atoms with Crippen LogP contribution in [0.2, 0.25) is 0 Å². The molecule has 1 N–H and O–H groups in total. The van der Waals surface area contributed by atoms with Crippen molar-refractivity contribution in [2.75, 3.05) is 0 Å². The molecule has 1 aromatic carbocycles. The number of H-pyrrole nitrogens is 1. The molecule has 0 radical (unpaired) electrons. The monoisotopic (exact) mass is 209 g/mol. The van der Waals surface area contributed by atoms with Gasteiger partial charge in [-0.15, -0.1) is 0 Å². The topological polar surface area (TPSA) is 32.9 Å². The third kappa shape index (κ3) is 1.23. The molecule has 0 spiro atoms. The van der Waals surface area contributed by atoms with Crippen LogP contribution in [0.5, 0.6) is 0 Å². The van der Waals surface area contributed by atoms with Crippen molar-refractivity contribution in [2.24, 2.45) is 0 Å². The summed E-state index contributed by atoms with van der Waals surface area (Å²) >= 11 is 0. The van der Waals surface area contributed by atoms with Gasteiger partial charge >= 0.3 is 0 Å². The second kappa shape index (κ2) is 3.20. The van der Waals surface area contributed by atoms with Gasteiger partial charge in [0.1, 0.15) is 0 Å². The first kappa shape index (κ1) is 9.16. The molecule has 0 bridgehead atoms. The zero-order valence-corrected chi connectivity index (χ0v) is 8.95. The number of aryl methyl sites for hydroxylation is 1. The minimum atomic E-state index is 0.111. The summed E-state index contributed by atoms with van der Waals surface area (Å²) in [7, 11) is 0. The van der Waals surface area contributed by atoms with Gasteiger partial charge in [-0.3, -0.25) is 4.79 Å². The molecule has 0 saturated carbocycles. The van der Waals surface area contributed by atoms with E-state index in [1.807, 2.05) is 49.4 Å². The Kier molecular flexibility index (Phi) is 1.83. The van der Waals surface area contributed by atoms with E-state index in [1.165, 1.54) is 0 Å². The van der Waals surface area contributed by atoms with Crippen LogP contribution >= 0.6 is 0 Å². The Morgan fingerprint density at radius 2 is 1.88 bits per heavy atom. The lowest BCUT2D eigenvalue weighted by Gasteiger charge is -2.08. The minimum Gasteiger partial charge on any atom is -0.354 e. The van der Waals surface area contributed by atoms with Crippen molar-refractivity contribution < 1.29 is 0 Å². The zero-order chi connectivity index (χ0) is 11.1. The lowest BCUT2D eigenvalue weighted by molar-refractivity contribution is 1.32. The van der Waals surface area contributed by atoms with Gasteiger partial charge < -0.3 is 4.98 Å². The van der Waals surface area contributed by atoms with Crippen LogP contribution in [0.25, 0.3) is 22.2 Å². The summed E-state index contributed by atoms with van der Waals surface area (Å²) in [5, 5.41) is 1.07. The van der Waals surface area contributed by atoms with Crippen molar-refractivity contribution in [3.63, 3.8) is 0 Å². The van der Waals surface area contributed by atoms with Gasteiger partial charge in [0, 0.05) is 16.8 Å². The number of benzene rings is 2. The summed E-state index contributed by atoms with van der Waals surface area (Å²) in [6, 6.07) is 13.7. The summed E-state index contributed by atoms with van der Waals surface area (Å²) in [5.74, 6) is 0. The highest BCUT2D eigenvalue weighted by molar-refractivity contribution is 5.85. The van der Waals surface area contributed by atoms with Crippen LogP contribution in [0, 0.1) is 6.92 Å². The molecule has 0 aromatic heterocycles. The average molecular weight is 209 g/mol. The Balaban J connectivity index is 2.53. The summed E-state index contributed by atoms with van der Waals surface area (Å²) in [6.07, 6.45) is 0. The maximum absolute atomic E-state index is 12.0. The van der Waals surface area contributed by atoms with Gasteiger partial charge in [0.05, 0.1) is 0 Å². The van der Waals surface area contributed by atoms with E-state index in [0.717, 1.165) is 27.7 Å². The Bertz CT molecular complexity index is 697. The number of nitrogens with one attached hydrogen (secondary N) is 1. The van der Waals surface area contributed by atoms with Gasteiger partial charge in [-0.2, -0.15) is 0 Å². The molecule has 1 aromatic rings. The number of aromatic amines is 1. The predicted molar refractivity (Wildman–Crippen MR) is 65.9 cm³/mol. The SMILES string of the molecule is Cc1ccc2[nH]c3ccccc3cc-2c1=O. The van der Waals surface area contributed by atoms with Gasteiger partial charge in [-0.1, -0.05) is 24.3 Å². The zero-order valence-electron chi connectivity index (χ0n) is 8.95. The van der Waals surface area contributed by atoms with Gasteiger partial charge in [-0.25, -0.2) is 0 Å². The number of para-hydroxylation sites is 1. The van der Waals surface area contributed by atoms with E-state index in [-0.39, 0.29) is 5.43 Å². The quantitative estimate of drug-likeness (QED) is 0.567.